The van der Waals surface area contributed by atoms with Crippen LogP contribution in [0.4, 0.5) is 0 Å². The summed E-state index contributed by atoms with van der Waals surface area (Å²) in [6.07, 6.45) is 2.68. The first-order chi connectivity index (χ1) is 15.4. The van der Waals surface area contributed by atoms with Gasteiger partial charge >= 0.3 is 0 Å². The molecule has 7 heteroatoms. The van der Waals surface area contributed by atoms with Crippen molar-refractivity contribution in [2.24, 2.45) is 5.92 Å². The molecule has 0 aliphatic carbocycles. The van der Waals surface area contributed by atoms with Crippen LogP contribution in [0.15, 0.2) is 60.0 Å². The molecule has 0 saturated carbocycles. The van der Waals surface area contributed by atoms with E-state index in [1.54, 1.807) is 6.08 Å². The molecule has 0 bridgehead atoms. The van der Waals surface area contributed by atoms with Gasteiger partial charge in [-0.2, -0.15) is 4.31 Å². The maximum absolute atomic E-state index is 12.6. The molecule has 32 heavy (non-hydrogen) atoms. The van der Waals surface area contributed by atoms with Gasteiger partial charge in [-0.3, -0.25) is 4.79 Å². The van der Waals surface area contributed by atoms with Crippen LogP contribution in [0.1, 0.15) is 36.5 Å². The van der Waals surface area contributed by atoms with E-state index in [-0.39, 0.29) is 11.8 Å². The van der Waals surface area contributed by atoms with Crippen LogP contribution >= 0.6 is 0 Å². The van der Waals surface area contributed by atoms with E-state index in [1.807, 2.05) is 42.5 Å². The summed E-state index contributed by atoms with van der Waals surface area (Å²) in [7, 11) is -1.40. The summed E-state index contributed by atoms with van der Waals surface area (Å²) >= 11 is 0. The van der Waals surface area contributed by atoms with Gasteiger partial charge < -0.3 is 10.2 Å². The number of nitrogens with one attached hydrogen (secondary N) is 1. The summed E-state index contributed by atoms with van der Waals surface area (Å²) in [4.78, 5) is 14.9. The average molecular weight is 456 g/mol. The molecule has 0 unspecified atom stereocenters. The Labute approximate surface area is 192 Å². The highest BCUT2D eigenvalue weighted by Crippen LogP contribution is 2.21. The topological polar surface area (TPSA) is 69.7 Å². The maximum Gasteiger partial charge on any atom is 0.236 e. The molecule has 172 valence electrons. The van der Waals surface area contributed by atoms with Crippen molar-refractivity contribution in [3.8, 4) is 0 Å². The Morgan fingerprint density at radius 3 is 2.47 bits per heavy atom. The quantitative estimate of drug-likeness (QED) is 0.629. The molecule has 1 heterocycles. The molecule has 2 aromatic carbocycles. The molecule has 1 fully saturated rings. The fraction of sp³-hybridized carbons (Fsp3) is 0.400. The van der Waals surface area contributed by atoms with Gasteiger partial charge in [0.05, 0.1) is 0 Å². The van der Waals surface area contributed by atoms with Crippen LogP contribution in [0.5, 0.6) is 0 Å². The monoisotopic (exact) mass is 455 g/mol. The van der Waals surface area contributed by atoms with Crippen molar-refractivity contribution in [3.63, 3.8) is 0 Å². The molecule has 1 aliphatic rings. The molecular weight excluding hydrogens is 422 g/mol. The molecule has 1 saturated heterocycles. The summed E-state index contributed by atoms with van der Waals surface area (Å²) in [5.74, 6) is -0.160. The zero-order valence-corrected chi connectivity index (χ0v) is 19.7. The van der Waals surface area contributed by atoms with E-state index >= 15 is 0 Å². The molecule has 0 aromatic heterocycles. The third-order valence-electron chi connectivity index (χ3n) is 5.87. The van der Waals surface area contributed by atoms with Crippen LogP contribution in [0.25, 0.3) is 6.08 Å². The number of nitrogens with zero attached hydrogens (tertiary/aromatic N) is 2. The van der Waals surface area contributed by atoms with E-state index in [9.17, 15) is 13.2 Å². The number of hydrogen-bond acceptors (Lipinski definition) is 4. The van der Waals surface area contributed by atoms with Gasteiger partial charge in [-0.05, 0) is 49.2 Å². The standard InChI is InChI=1S/C25H33N3O3S/c1-3-27(2)20-23-11-7-10-22(18-23)19-26-25(29)24-12-15-28(16-13-24)32(30,31)17-14-21-8-5-4-6-9-21/h4-11,14,17-18,24H,3,12-13,15-16,19-20H2,1-2H3,(H,26,29). The summed E-state index contributed by atoms with van der Waals surface area (Å²) in [6, 6.07) is 17.6. The lowest BCUT2D eigenvalue weighted by atomic mass is 9.97. The van der Waals surface area contributed by atoms with Crippen molar-refractivity contribution >= 4 is 22.0 Å². The molecule has 1 amide bonds. The van der Waals surface area contributed by atoms with E-state index in [4.69, 9.17) is 0 Å². The highest BCUT2D eigenvalue weighted by Gasteiger charge is 2.29. The van der Waals surface area contributed by atoms with Crippen LogP contribution in [0.3, 0.4) is 0 Å². The molecule has 3 rings (SSSR count). The Morgan fingerprint density at radius 1 is 1.09 bits per heavy atom. The maximum atomic E-state index is 12.6. The Hall–Kier alpha value is -2.48. The van der Waals surface area contributed by atoms with E-state index in [0.717, 1.165) is 24.2 Å². The zero-order valence-electron chi connectivity index (χ0n) is 18.9. The lowest BCUT2D eigenvalue weighted by molar-refractivity contribution is -0.126. The number of sulfonamides is 1. The first-order valence-corrected chi connectivity index (χ1v) is 12.6. The highest BCUT2D eigenvalue weighted by molar-refractivity contribution is 7.92. The second-order valence-corrected chi connectivity index (χ2v) is 10.1. The van der Waals surface area contributed by atoms with Crippen LogP contribution in [0, 0.1) is 5.92 Å². The Bertz CT molecular complexity index is 1010. The Morgan fingerprint density at radius 2 is 1.78 bits per heavy atom. The van der Waals surface area contributed by atoms with Crippen molar-refractivity contribution in [1.82, 2.24) is 14.5 Å². The smallest absolute Gasteiger partial charge is 0.236 e. The van der Waals surface area contributed by atoms with E-state index < -0.39 is 10.0 Å². The molecule has 0 radical (unpaired) electrons. The minimum atomic E-state index is -3.49. The predicted molar refractivity (Wildman–Crippen MR) is 129 cm³/mol. The first-order valence-electron chi connectivity index (χ1n) is 11.1. The molecular formula is C25H33N3O3S. The van der Waals surface area contributed by atoms with Crippen LogP contribution < -0.4 is 5.32 Å². The summed E-state index contributed by atoms with van der Waals surface area (Å²) in [5.41, 5.74) is 3.14. The summed E-state index contributed by atoms with van der Waals surface area (Å²) in [5, 5.41) is 4.28. The van der Waals surface area contributed by atoms with Crippen LogP contribution in [-0.4, -0.2) is 50.2 Å². The SMILES string of the molecule is CCN(C)Cc1cccc(CNC(=O)C2CCN(S(=O)(=O)C=Cc3ccccc3)CC2)c1. The summed E-state index contributed by atoms with van der Waals surface area (Å²) in [6.45, 7) is 5.19. The van der Waals surface area contributed by atoms with Crippen molar-refractivity contribution in [2.75, 3.05) is 26.7 Å². The number of rotatable bonds is 9. The van der Waals surface area contributed by atoms with Crippen molar-refractivity contribution in [3.05, 3.63) is 76.7 Å². The first kappa shape index (κ1) is 24.2. The molecule has 1 N–H and O–H groups in total. The number of amides is 1. The summed E-state index contributed by atoms with van der Waals surface area (Å²) < 4.78 is 26.7. The van der Waals surface area contributed by atoms with Crippen molar-refractivity contribution in [1.29, 1.82) is 0 Å². The number of benzene rings is 2. The number of hydrogen-bond donors (Lipinski definition) is 1. The van der Waals surface area contributed by atoms with Crippen LogP contribution in [-0.2, 0) is 27.9 Å². The predicted octanol–water partition coefficient (Wildman–Crippen LogP) is 3.47. The second kappa shape index (κ2) is 11.4. The van der Waals surface area contributed by atoms with E-state index in [1.165, 1.54) is 15.3 Å². The minimum absolute atomic E-state index is 0.00189. The fourth-order valence-corrected chi connectivity index (χ4v) is 5.00. The Kier molecular flexibility index (Phi) is 8.61. The second-order valence-electron chi connectivity index (χ2n) is 8.30. The molecule has 0 spiro atoms. The molecule has 1 aliphatic heterocycles. The van der Waals surface area contributed by atoms with Gasteiger partial charge in [-0.25, -0.2) is 8.42 Å². The van der Waals surface area contributed by atoms with Gasteiger partial charge in [-0.1, -0.05) is 61.5 Å². The average Bonchev–Trinajstić information content (AvgIpc) is 2.82. The van der Waals surface area contributed by atoms with Gasteiger partial charge in [0.15, 0.2) is 0 Å². The number of piperidine rings is 1. The normalized spacial score (nSPS) is 16.0. The fourth-order valence-electron chi connectivity index (χ4n) is 3.78. The molecule has 2 aromatic rings. The Balaban J connectivity index is 1.48. The van der Waals surface area contributed by atoms with Gasteiger partial charge in [0, 0.05) is 37.5 Å². The minimum Gasteiger partial charge on any atom is -0.352 e. The number of carbonyl (C=O) groups is 1. The zero-order chi connectivity index (χ0) is 23.0. The lowest BCUT2D eigenvalue weighted by Crippen LogP contribution is -2.42. The van der Waals surface area contributed by atoms with Gasteiger partial charge in [0.1, 0.15) is 0 Å². The lowest BCUT2D eigenvalue weighted by Gasteiger charge is -2.29. The van der Waals surface area contributed by atoms with Gasteiger partial charge in [0.2, 0.25) is 15.9 Å². The van der Waals surface area contributed by atoms with Crippen LogP contribution in [0.2, 0.25) is 0 Å². The van der Waals surface area contributed by atoms with Gasteiger partial charge in [-0.15, -0.1) is 0 Å². The largest absolute Gasteiger partial charge is 0.352 e. The van der Waals surface area contributed by atoms with Crippen molar-refractivity contribution in [2.45, 2.75) is 32.9 Å². The highest BCUT2D eigenvalue weighted by atomic mass is 32.2. The third kappa shape index (κ3) is 7.02. The number of carbonyl (C=O) groups excluding carboxylic acids is 1. The van der Waals surface area contributed by atoms with Crippen molar-refractivity contribution < 1.29 is 13.2 Å². The van der Waals surface area contributed by atoms with E-state index in [0.29, 0.717) is 32.5 Å². The third-order valence-corrected chi connectivity index (χ3v) is 7.43. The molecule has 6 nitrogen and oxygen atoms in total. The van der Waals surface area contributed by atoms with Gasteiger partial charge in [0.25, 0.3) is 0 Å². The van der Waals surface area contributed by atoms with E-state index in [2.05, 4.69) is 36.3 Å². The molecule has 0 atom stereocenters.